The quantitative estimate of drug-likeness (QED) is 0.762. The van der Waals surface area contributed by atoms with E-state index in [1.807, 2.05) is 17.0 Å². The van der Waals surface area contributed by atoms with Gasteiger partial charge in [0.15, 0.2) is 0 Å². The van der Waals surface area contributed by atoms with E-state index in [2.05, 4.69) is 9.97 Å². The van der Waals surface area contributed by atoms with Gasteiger partial charge >= 0.3 is 0 Å². The molecule has 0 aromatic carbocycles. The third-order valence-electron chi connectivity index (χ3n) is 7.09. The number of carbonyl (C=O) groups is 1. The predicted octanol–water partition coefficient (Wildman–Crippen LogP) is 2.33. The maximum absolute atomic E-state index is 13.2. The number of amides is 1. The van der Waals surface area contributed by atoms with Gasteiger partial charge in [-0.25, -0.2) is 4.98 Å². The lowest BCUT2D eigenvalue weighted by molar-refractivity contribution is -0.139. The number of halogens is 1. The maximum Gasteiger partial charge on any atom is 0.254 e. The Kier molecular flexibility index (Phi) is 5.45. The molecule has 160 valence electrons. The van der Waals surface area contributed by atoms with Crippen molar-refractivity contribution in [3.8, 4) is 11.4 Å². The molecule has 1 aliphatic heterocycles. The Morgan fingerprint density at radius 1 is 1.17 bits per heavy atom. The highest BCUT2D eigenvalue weighted by atomic mass is 35.5. The van der Waals surface area contributed by atoms with Gasteiger partial charge in [-0.2, -0.15) is 0 Å². The standard InChI is InChI=1S/C22H27N5O2.ClH/c23-22(8-1-2-9-22)20(29)27-12-4-7-21(14-27)10-6-16-17(21)25-18(26-19(16)28)15-5-3-11-24-13-15;/h3,5,11,13H,1-2,4,6-10,12,14,23H2,(H,25,26,28);1H. The van der Waals surface area contributed by atoms with Crippen LogP contribution in [0, 0.1) is 0 Å². The van der Waals surface area contributed by atoms with Gasteiger partial charge in [-0.15, -0.1) is 12.4 Å². The maximum atomic E-state index is 13.2. The number of likely N-dealkylation sites (tertiary alicyclic amines) is 1. The molecule has 3 aliphatic rings. The second-order valence-electron chi connectivity index (χ2n) is 8.96. The van der Waals surface area contributed by atoms with E-state index in [1.165, 1.54) is 0 Å². The fourth-order valence-electron chi connectivity index (χ4n) is 5.53. The minimum atomic E-state index is -0.706. The fraction of sp³-hybridized carbons (Fsp3) is 0.545. The number of pyridine rings is 1. The summed E-state index contributed by atoms with van der Waals surface area (Å²) in [5, 5.41) is 0. The molecular formula is C22H28ClN5O2. The zero-order chi connectivity index (χ0) is 20.1. The molecule has 1 unspecified atom stereocenters. The van der Waals surface area contributed by atoms with Crippen molar-refractivity contribution in [2.24, 2.45) is 5.73 Å². The summed E-state index contributed by atoms with van der Waals surface area (Å²) >= 11 is 0. The molecule has 1 saturated heterocycles. The molecule has 2 aromatic rings. The molecule has 2 aliphatic carbocycles. The first-order valence-corrected chi connectivity index (χ1v) is 10.6. The summed E-state index contributed by atoms with van der Waals surface area (Å²) < 4.78 is 0. The second kappa shape index (κ2) is 7.78. The molecule has 2 fully saturated rings. The van der Waals surface area contributed by atoms with Crippen LogP contribution in [0.15, 0.2) is 29.3 Å². The summed E-state index contributed by atoms with van der Waals surface area (Å²) in [4.78, 5) is 40.0. The number of aromatic nitrogens is 3. The van der Waals surface area contributed by atoms with Crippen molar-refractivity contribution in [1.29, 1.82) is 0 Å². The molecule has 0 bridgehead atoms. The molecule has 0 radical (unpaired) electrons. The molecule has 3 N–H and O–H groups in total. The molecule has 7 nitrogen and oxygen atoms in total. The topological polar surface area (TPSA) is 105 Å². The highest BCUT2D eigenvalue weighted by Crippen LogP contribution is 2.44. The minimum absolute atomic E-state index is 0. The first kappa shape index (κ1) is 21.0. The molecular weight excluding hydrogens is 402 g/mol. The van der Waals surface area contributed by atoms with Crippen LogP contribution in [-0.4, -0.2) is 44.4 Å². The number of hydrogen-bond donors (Lipinski definition) is 2. The molecule has 8 heteroatoms. The number of hydrogen-bond acceptors (Lipinski definition) is 5. The lowest BCUT2D eigenvalue weighted by Gasteiger charge is -2.43. The Labute approximate surface area is 181 Å². The van der Waals surface area contributed by atoms with E-state index in [0.717, 1.165) is 68.3 Å². The lowest BCUT2D eigenvalue weighted by Crippen LogP contribution is -2.58. The molecule has 30 heavy (non-hydrogen) atoms. The number of aromatic amines is 1. The van der Waals surface area contributed by atoms with Crippen LogP contribution in [0.5, 0.6) is 0 Å². The van der Waals surface area contributed by atoms with E-state index < -0.39 is 5.54 Å². The van der Waals surface area contributed by atoms with Crippen LogP contribution in [0.4, 0.5) is 0 Å². The van der Waals surface area contributed by atoms with Crippen LogP contribution in [0.3, 0.4) is 0 Å². The highest BCUT2D eigenvalue weighted by Gasteiger charge is 2.48. The van der Waals surface area contributed by atoms with Crippen LogP contribution >= 0.6 is 12.4 Å². The van der Waals surface area contributed by atoms with Gasteiger partial charge in [0.1, 0.15) is 5.82 Å². The zero-order valence-corrected chi connectivity index (χ0v) is 17.8. The molecule has 2 aromatic heterocycles. The summed E-state index contributed by atoms with van der Waals surface area (Å²) in [5.41, 5.74) is 7.89. The lowest BCUT2D eigenvalue weighted by atomic mass is 9.77. The van der Waals surface area contributed by atoms with Crippen molar-refractivity contribution in [2.45, 2.75) is 62.3 Å². The van der Waals surface area contributed by atoms with Crippen LogP contribution in [-0.2, 0) is 16.6 Å². The number of nitrogens with zero attached hydrogens (tertiary/aromatic N) is 3. The summed E-state index contributed by atoms with van der Waals surface area (Å²) in [6.07, 6.45) is 10.4. The Morgan fingerprint density at radius 2 is 1.97 bits per heavy atom. The highest BCUT2D eigenvalue weighted by molar-refractivity contribution is 5.86. The van der Waals surface area contributed by atoms with Gasteiger partial charge in [0, 0.05) is 42.0 Å². The van der Waals surface area contributed by atoms with E-state index in [9.17, 15) is 9.59 Å². The van der Waals surface area contributed by atoms with E-state index in [4.69, 9.17) is 10.7 Å². The zero-order valence-electron chi connectivity index (χ0n) is 17.0. The smallest absolute Gasteiger partial charge is 0.254 e. The van der Waals surface area contributed by atoms with Gasteiger partial charge in [-0.1, -0.05) is 12.8 Å². The molecule has 1 spiro atoms. The van der Waals surface area contributed by atoms with Gasteiger partial charge < -0.3 is 15.6 Å². The SMILES string of the molecule is Cl.NC1(C(=O)N2CCCC3(CCc4c3nc(-c3cccnc3)[nH]c4=O)C2)CCCC1. The van der Waals surface area contributed by atoms with E-state index >= 15 is 0 Å². The van der Waals surface area contributed by atoms with Gasteiger partial charge in [-0.05, 0) is 50.7 Å². The van der Waals surface area contributed by atoms with Gasteiger partial charge in [0.05, 0.1) is 11.2 Å². The predicted molar refractivity (Wildman–Crippen MR) is 117 cm³/mol. The van der Waals surface area contributed by atoms with Crippen LogP contribution in [0.25, 0.3) is 11.4 Å². The third-order valence-corrected chi connectivity index (χ3v) is 7.09. The number of nitrogens with two attached hydrogens (primary N) is 1. The largest absolute Gasteiger partial charge is 0.340 e. The third kappa shape index (κ3) is 3.34. The summed E-state index contributed by atoms with van der Waals surface area (Å²) in [5.74, 6) is 0.637. The molecule has 1 amide bonds. The Hall–Kier alpha value is -2.25. The Morgan fingerprint density at radius 3 is 2.70 bits per heavy atom. The Balaban J connectivity index is 0.00000218. The number of fused-ring (bicyclic) bond motifs is 2. The van der Waals surface area contributed by atoms with Crippen molar-refractivity contribution in [2.75, 3.05) is 13.1 Å². The first-order chi connectivity index (χ1) is 14.0. The second-order valence-corrected chi connectivity index (χ2v) is 8.96. The van der Waals surface area contributed by atoms with Crippen LogP contribution < -0.4 is 11.3 Å². The molecule has 5 rings (SSSR count). The van der Waals surface area contributed by atoms with Gasteiger partial charge in [-0.3, -0.25) is 14.6 Å². The monoisotopic (exact) mass is 429 g/mol. The van der Waals surface area contributed by atoms with Crippen molar-refractivity contribution in [1.82, 2.24) is 19.9 Å². The van der Waals surface area contributed by atoms with Crippen LogP contribution in [0.1, 0.15) is 56.2 Å². The minimum Gasteiger partial charge on any atom is -0.340 e. The Bertz CT molecular complexity index is 1000. The van der Waals surface area contributed by atoms with Crippen molar-refractivity contribution in [3.63, 3.8) is 0 Å². The average Bonchev–Trinajstić information content (AvgIpc) is 3.34. The number of rotatable bonds is 2. The molecule has 3 heterocycles. The normalized spacial score (nSPS) is 24.5. The number of piperidine rings is 1. The van der Waals surface area contributed by atoms with Crippen molar-refractivity contribution in [3.05, 3.63) is 46.1 Å². The summed E-state index contributed by atoms with van der Waals surface area (Å²) in [6.45, 7) is 1.36. The van der Waals surface area contributed by atoms with E-state index in [-0.39, 0.29) is 29.3 Å². The number of H-pyrrole nitrogens is 1. The molecule has 1 atom stereocenters. The van der Waals surface area contributed by atoms with Gasteiger partial charge in [0.25, 0.3) is 5.56 Å². The van der Waals surface area contributed by atoms with Crippen molar-refractivity contribution < 1.29 is 4.79 Å². The number of nitrogens with one attached hydrogen (secondary N) is 1. The molecule has 1 saturated carbocycles. The first-order valence-electron chi connectivity index (χ1n) is 10.6. The van der Waals surface area contributed by atoms with Crippen molar-refractivity contribution >= 4 is 18.3 Å². The van der Waals surface area contributed by atoms with Gasteiger partial charge in [0.2, 0.25) is 5.91 Å². The van der Waals surface area contributed by atoms with E-state index in [0.29, 0.717) is 18.8 Å². The fourth-order valence-corrected chi connectivity index (χ4v) is 5.53. The summed E-state index contributed by atoms with van der Waals surface area (Å²) in [6, 6.07) is 3.73. The average molecular weight is 430 g/mol. The van der Waals surface area contributed by atoms with Crippen LogP contribution in [0.2, 0.25) is 0 Å². The number of carbonyl (C=O) groups excluding carboxylic acids is 1. The summed E-state index contributed by atoms with van der Waals surface area (Å²) in [7, 11) is 0. The van der Waals surface area contributed by atoms with E-state index in [1.54, 1.807) is 12.4 Å².